The van der Waals surface area contributed by atoms with Crippen LogP contribution in [-0.4, -0.2) is 262 Å². The van der Waals surface area contributed by atoms with Crippen LogP contribution in [0.25, 0.3) is 22.3 Å². The average molecular weight is 1940 g/mol. The summed E-state index contributed by atoms with van der Waals surface area (Å²) < 4.78 is 142. The smallest absolute Gasteiger partial charge is 0.417 e. The van der Waals surface area contributed by atoms with Crippen molar-refractivity contribution in [2.75, 3.05) is 147 Å². The second kappa shape index (κ2) is 43.3. The van der Waals surface area contributed by atoms with E-state index in [1.165, 1.54) is 55.1 Å². The van der Waals surface area contributed by atoms with Crippen LogP contribution in [0.1, 0.15) is 178 Å². The van der Waals surface area contributed by atoms with E-state index < -0.39 is 135 Å². The van der Waals surface area contributed by atoms with Crippen molar-refractivity contribution in [3.05, 3.63) is 190 Å². The van der Waals surface area contributed by atoms with Crippen molar-refractivity contribution in [2.45, 2.75) is 153 Å². The highest BCUT2D eigenvalue weighted by Crippen LogP contribution is 2.43. The van der Waals surface area contributed by atoms with Gasteiger partial charge in [0.05, 0.1) is 67.3 Å². The number of aliphatic carboxylic acids is 1. The van der Waals surface area contributed by atoms with Crippen molar-refractivity contribution >= 4 is 117 Å². The largest absolute Gasteiger partial charge is 0.481 e. The molecule has 0 bridgehead atoms. The number of aromatic nitrogens is 4. The molecule has 139 heavy (non-hydrogen) atoms. The number of halogens is 10. The number of anilines is 8. The number of nitrogens with one attached hydrogen (secondary N) is 7. The predicted octanol–water partition coefficient (Wildman–Crippen LogP) is 11.7. The lowest BCUT2D eigenvalue weighted by Gasteiger charge is -2.44. The van der Waals surface area contributed by atoms with Crippen molar-refractivity contribution in [1.82, 2.24) is 60.4 Å². The molecule has 8 aliphatic heterocycles. The molecular formula is C96H104F10N20O13. The Kier molecular flexibility index (Phi) is 31.4. The molecule has 6 aromatic carbocycles. The summed E-state index contributed by atoms with van der Waals surface area (Å²) in [6.07, 6.45) is 0.562. The Balaban J connectivity index is 0.000000185. The standard InChI is InChI=1S/C48H51F5N10O6.C29H32F5N7O.C19H21N3O6/c1-27-25-62(26-28(2)59(27)3)39-22-35(50)33(21-37(39)57-43(66)31-12-11-30(49)20-34(31)48(51,52)53)29-23-55-47(56-24-29)61-18-16-60(17-19-61)41(65)10-5-4-6-15-54-36-9-7-8-32-42(36)46(69)63(45(32)68)38-13-14-40(64)58-44(38)67;1-17-15-41(16-18(2)39(17)3)26-12-24(31)22(19-13-36-28(37-14-19)40-8-6-35-7-9-40)11-25(26)38-27(42)21-5-4-20(30)10-23(21)29(32,33)34;23-14-9-8-13(17(26)21-14)22-18(27)11-5-4-6-12(16(11)19(22)28)20-10-3-1-2-7-15(24)25/h7-9,11-12,20-24,27-28,38,54H,4-6,10,13-19,25-26H2,1-3H3,(H,57,66)(H,58,64,67);4-5,10-14,17-18,35H,6-9,15-16H2,1-3H3,(H,38,42);4-6,13,20H,1-3,7-10H2,(H,24,25)(H,21,23,26)/t27-,28+,38?;17-,18+;. The van der Waals surface area contributed by atoms with Crippen molar-refractivity contribution in [2.24, 2.45) is 0 Å². The molecule has 43 heteroatoms. The summed E-state index contributed by atoms with van der Waals surface area (Å²) in [5.74, 6) is -10.2. The molecule has 0 spiro atoms. The minimum atomic E-state index is -5.02. The second-order valence-corrected chi connectivity index (χ2v) is 35.4. The van der Waals surface area contributed by atoms with E-state index in [1.807, 2.05) is 61.4 Å². The van der Waals surface area contributed by atoms with Crippen LogP contribution >= 0.6 is 0 Å². The Morgan fingerprint density at radius 1 is 0.446 bits per heavy atom. The molecule has 6 saturated heterocycles. The van der Waals surface area contributed by atoms with Crippen molar-refractivity contribution < 1.29 is 107 Å². The summed E-state index contributed by atoms with van der Waals surface area (Å²) >= 11 is 0. The molecular weight excluding hydrogens is 1830 g/mol. The zero-order valence-corrected chi connectivity index (χ0v) is 76.8. The highest BCUT2D eigenvalue weighted by atomic mass is 19.4. The first-order valence-electron chi connectivity index (χ1n) is 45.7. The Hall–Kier alpha value is -14.1. The number of fused-ring (bicyclic) bond motifs is 2. The van der Waals surface area contributed by atoms with Crippen molar-refractivity contribution in [1.29, 1.82) is 0 Å². The van der Waals surface area contributed by atoms with E-state index in [4.69, 9.17) is 5.11 Å². The summed E-state index contributed by atoms with van der Waals surface area (Å²) in [6.45, 7) is 15.6. The van der Waals surface area contributed by atoms with Crippen LogP contribution in [0.15, 0.2) is 122 Å². The molecule has 8 aliphatic rings. The fourth-order valence-corrected chi connectivity index (χ4v) is 18.1. The number of nitrogens with zero attached hydrogens (tertiary/aromatic N) is 13. The highest BCUT2D eigenvalue weighted by Gasteiger charge is 2.49. The molecule has 0 radical (unpaired) electrons. The van der Waals surface area contributed by atoms with E-state index in [2.05, 4.69) is 67.0 Å². The zero-order chi connectivity index (χ0) is 99.7. The van der Waals surface area contributed by atoms with Crippen molar-refractivity contribution in [3.8, 4) is 22.3 Å². The zero-order valence-electron chi connectivity index (χ0n) is 76.8. The number of carbonyl (C=O) groups excluding carboxylic acids is 11. The van der Waals surface area contributed by atoms with Crippen LogP contribution in [-0.2, 0) is 41.1 Å². The van der Waals surface area contributed by atoms with Gasteiger partial charge in [0.25, 0.3) is 35.4 Å². The average Bonchev–Trinajstić information content (AvgIpc) is 1.61. The minimum Gasteiger partial charge on any atom is -0.481 e. The molecule has 11 amide bonds. The normalized spacial score (nSPS) is 19.8. The number of carboxylic acid groups (broad SMARTS) is 1. The number of alkyl halides is 6. The Labute approximate surface area is 792 Å². The van der Waals surface area contributed by atoms with Crippen LogP contribution in [0.4, 0.5) is 89.9 Å². The lowest BCUT2D eigenvalue weighted by atomic mass is 10.0. The quantitative estimate of drug-likeness (QED) is 0.0142. The molecule has 33 nitrogen and oxygen atoms in total. The first-order valence-corrected chi connectivity index (χ1v) is 45.7. The number of benzene rings is 6. The van der Waals surface area contributed by atoms with E-state index in [0.29, 0.717) is 132 Å². The summed E-state index contributed by atoms with van der Waals surface area (Å²) in [7, 11) is 3.94. The molecule has 2 aromatic heterocycles. The van der Waals surface area contributed by atoms with E-state index >= 15 is 8.78 Å². The lowest BCUT2D eigenvalue weighted by molar-refractivity contribution is -0.138. The maximum Gasteiger partial charge on any atom is 0.417 e. The van der Waals surface area contributed by atoms with Gasteiger partial charge >= 0.3 is 18.3 Å². The van der Waals surface area contributed by atoms with Gasteiger partial charge in [0, 0.05) is 200 Å². The molecule has 0 saturated carbocycles. The number of carboxylic acids is 1. The molecule has 8 N–H and O–H groups in total. The van der Waals surface area contributed by atoms with Gasteiger partial charge in [-0.3, -0.25) is 87.8 Å². The van der Waals surface area contributed by atoms with Gasteiger partial charge in [-0.2, -0.15) is 26.3 Å². The minimum absolute atomic E-state index is 0.00577. The molecule has 6 fully saturated rings. The van der Waals surface area contributed by atoms with Gasteiger partial charge in [0.15, 0.2) is 0 Å². The number of likely N-dealkylation sites (N-methyl/N-ethyl adjacent to an activating group) is 2. The van der Waals surface area contributed by atoms with Gasteiger partial charge in [-0.05, 0) is 165 Å². The van der Waals surface area contributed by atoms with Gasteiger partial charge in [-0.15, -0.1) is 0 Å². The number of carbonyl (C=O) groups is 12. The Morgan fingerprint density at radius 2 is 0.835 bits per heavy atom. The number of imide groups is 4. The van der Waals surface area contributed by atoms with E-state index in [-0.39, 0.29) is 130 Å². The molecule has 2 unspecified atom stereocenters. The third-order valence-corrected chi connectivity index (χ3v) is 26.0. The van der Waals surface area contributed by atoms with E-state index in [0.717, 1.165) is 73.1 Å². The van der Waals surface area contributed by atoms with Gasteiger partial charge in [-0.25, -0.2) is 37.5 Å². The van der Waals surface area contributed by atoms with Crippen LogP contribution in [0.5, 0.6) is 0 Å². The van der Waals surface area contributed by atoms with Gasteiger partial charge in [0.2, 0.25) is 41.4 Å². The fourth-order valence-electron chi connectivity index (χ4n) is 18.1. The fraction of sp³-hybridized carbons (Fsp3) is 0.417. The molecule has 8 aromatic rings. The first-order chi connectivity index (χ1) is 66.2. The Bertz CT molecular complexity index is 6020. The SMILES string of the molecule is C[C@@H]1CN(c2cc(F)c(-c3cnc(N4CCN(C(=O)CCCCCNc5cccc6c5C(=O)N(C5CCC(=O)NC5=O)C6=O)CC4)nc3)cc2NC(=O)c2ccc(F)cc2C(F)(F)F)C[C@H](C)N1C.C[C@@H]1CN(c2cc(F)c(-c3cnc(N4CCNCC4)nc3)cc2NC(=O)c2ccc(F)cc2C(F)(F)F)C[C@H](C)N1C.O=C(O)CCCCCNc1cccc2c1C(=O)N(C1CCC(=O)NC1=O)C2=O. The molecule has 16 rings (SSSR count). The molecule has 6 atom stereocenters. The van der Waals surface area contributed by atoms with Gasteiger partial charge < -0.3 is 56.2 Å². The van der Waals surface area contributed by atoms with E-state index in [1.54, 1.807) is 35.2 Å². The topological polar surface area (TPSA) is 390 Å². The maximum absolute atomic E-state index is 16.1. The lowest BCUT2D eigenvalue weighted by Crippen LogP contribution is -2.55. The second-order valence-electron chi connectivity index (χ2n) is 35.4. The number of hydrogen-bond donors (Lipinski definition) is 8. The Morgan fingerprint density at radius 3 is 1.22 bits per heavy atom. The van der Waals surface area contributed by atoms with Crippen LogP contribution < -0.4 is 56.8 Å². The molecule has 736 valence electrons. The maximum atomic E-state index is 16.1. The number of unbranched alkanes of at least 4 members (excludes halogenated alkanes) is 4. The third-order valence-electron chi connectivity index (χ3n) is 26.0. The third kappa shape index (κ3) is 23.2. The number of rotatable bonds is 26. The number of piperidine rings is 2. The van der Waals surface area contributed by atoms with Gasteiger partial charge in [-0.1, -0.05) is 25.0 Å². The molecule has 0 aliphatic carbocycles. The van der Waals surface area contributed by atoms with Crippen LogP contribution in [0.3, 0.4) is 0 Å². The highest BCUT2D eigenvalue weighted by molar-refractivity contribution is 6.27. The molecule has 10 heterocycles. The number of piperazine rings is 4. The summed E-state index contributed by atoms with van der Waals surface area (Å²) in [6, 6.07) is 16.8. The predicted molar refractivity (Wildman–Crippen MR) is 493 cm³/mol. The monoisotopic (exact) mass is 1930 g/mol. The summed E-state index contributed by atoms with van der Waals surface area (Å²) in [5, 5.41) is 27.7. The summed E-state index contributed by atoms with van der Waals surface area (Å²) in [4.78, 5) is 183. The van der Waals surface area contributed by atoms with E-state index in [9.17, 15) is 92.7 Å². The number of amides is 11. The summed E-state index contributed by atoms with van der Waals surface area (Å²) in [5.41, 5.74) is -1.19. The van der Waals surface area contributed by atoms with Crippen molar-refractivity contribution in [3.63, 3.8) is 0 Å². The first kappa shape index (κ1) is 101. The van der Waals surface area contributed by atoms with Crippen LogP contribution in [0.2, 0.25) is 0 Å². The number of hydrogen-bond acceptors (Lipinski definition) is 25. The van der Waals surface area contributed by atoms with Gasteiger partial charge in [0.1, 0.15) is 35.4 Å². The van der Waals surface area contributed by atoms with Crippen LogP contribution in [0, 0.1) is 23.3 Å².